The van der Waals surface area contributed by atoms with E-state index in [2.05, 4.69) is 45.3 Å². The van der Waals surface area contributed by atoms with E-state index in [1.54, 1.807) is 18.5 Å². The van der Waals surface area contributed by atoms with Gasteiger partial charge in [-0.25, -0.2) is 14.5 Å². The van der Waals surface area contributed by atoms with Crippen LogP contribution in [0.25, 0.3) is 9.98 Å². The molecule has 0 spiro atoms. The number of hydrogen-bond acceptors (Lipinski definition) is 10. The van der Waals surface area contributed by atoms with E-state index in [0.29, 0.717) is 39.5 Å². The SMILES string of the molecule is [C-]#[N+]c1c(C)nn(-c2nc(C)ns2)c1N=Nc1c(C)nn(C2NCCCN2)c1N. The summed E-state index contributed by atoms with van der Waals surface area (Å²) in [7, 11) is 0. The van der Waals surface area contributed by atoms with Crippen LogP contribution in [0.1, 0.15) is 29.9 Å². The number of anilines is 1. The molecule has 1 aliphatic rings. The van der Waals surface area contributed by atoms with Crippen LogP contribution in [0.3, 0.4) is 0 Å². The third-order valence-electron chi connectivity index (χ3n) is 4.42. The van der Waals surface area contributed by atoms with E-state index in [-0.39, 0.29) is 12.1 Å². The maximum atomic E-state index is 7.49. The Morgan fingerprint density at radius 3 is 2.59 bits per heavy atom. The lowest BCUT2D eigenvalue weighted by Crippen LogP contribution is -2.45. The number of nitrogens with two attached hydrogens (primary N) is 1. The Morgan fingerprint density at radius 1 is 1.17 bits per heavy atom. The van der Waals surface area contributed by atoms with Crippen LogP contribution >= 0.6 is 11.5 Å². The van der Waals surface area contributed by atoms with E-state index in [0.717, 1.165) is 19.5 Å². The van der Waals surface area contributed by atoms with Crippen LogP contribution in [0.4, 0.5) is 23.0 Å². The summed E-state index contributed by atoms with van der Waals surface area (Å²) in [4.78, 5) is 7.89. The zero-order valence-electron chi connectivity index (χ0n) is 16.2. The maximum absolute atomic E-state index is 7.49. The minimum atomic E-state index is -0.192. The highest BCUT2D eigenvalue weighted by molar-refractivity contribution is 7.08. The highest BCUT2D eigenvalue weighted by atomic mass is 32.1. The first kappa shape index (κ1) is 19.1. The van der Waals surface area contributed by atoms with Crippen molar-refractivity contribution in [3.63, 3.8) is 0 Å². The molecule has 3 aromatic rings. The number of azo groups is 1. The van der Waals surface area contributed by atoms with Crippen LogP contribution in [-0.2, 0) is 0 Å². The highest BCUT2D eigenvalue weighted by Crippen LogP contribution is 2.37. The quantitative estimate of drug-likeness (QED) is 0.441. The summed E-state index contributed by atoms with van der Waals surface area (Å²) in [6, 6.07) is 0. The zero-order chi connectivity index (χ0) is 20.5. The first-order valence-corrected chi connectivity index (χ1v) is 9.77. The van der Waals surface area contributed by atoms with Gasteiger partial charge in [0.15, 0.2) is 23.6 Å². The molecule has 0 aromatic carbocycles. The summed E-state index contributed by atoms with van der Waals surface area (Å²) in [5, 5.41) is 24.7. The standard InChI is InChI=1S/C16H20N12S/c1-8-11(13(17)27(24-8)15-19-6-5-7-20-15)22-23-14-12(18-4)9(2)25-28(14)16-21-10(3)26-29-16/h15,19-20H,5-7,17H2,1-3H3. The molecule has 29 heavy (non-hydrogen) atoms. The highest BCUT2D eigenvalue weighted by Gasteiger charge is 2.22. The fourth-order valence-corrected chi connectivity index (χ4v) is 3.65. The second kappa shape index (κ2) is 7.66. The predicted octanol–water partition coefficient (Wildman–Crippen LogP) is 2.43. The summed E-state index contributed by atoms with van der Waals surface area (Å²) in [6.07, 6.45) is 0.846. The van der Waals surface area contributed by atoms with Crippen LogP contribution in [0.5, 0.6) is 0 Å². The fourth-order valence-electron chi connectivity index (χ4n) is 3.02. The number of aryl methyl sites for hydroxylation is 3. The van der Waals surface area contributed by atoms with E-state index in [9.17, 15) is 0 Å². The Balaban J connectivity index is 1.73. The van der Waals surface area contributed by atoms with E-state index in [1.807, 2.05) is 6.92 Å². The van der Waals surface area contributed by atoms with Crippen molar-refractivity contribution < 1.29 is 0 Å². The van der Waals surface area contributed by atoms with Gasteiger partial charge in [0.05, 0.1) is 18.0 Å². The van der Waals surface area contributed by atoms with Crippen LogP contribution in [-0.4, -0.2) is 42.0 Å². The van der Waals surface area contributed by atoms with E-state index in [1.165, 1.54) is 16.2 Å². The van der Waals surface area contributed by atoms with Gasteiger partial charge in [0.25, 0.3) is 5.69 Å². The van der Waals surface area contributed by atoms with Gasteiger partial charge >= 0.3 is 0 Å². The van der Waals surface area contributed by atoms with Gasteiger partial charge in [0, 0.05) is 11.5 Å². The molecule has 4 rings (SSSR count). The maximum Gasteiger partial charge on any atom is 0.255 e. The Labute approximate surface area is 170 Å². The molecule has 1 aliphatic heterocycles. The van der Waals surface area contributed by atoms with Gasteiger partial charge in [-0.3, -0.25) is 10.6 Å². The molecule has 150 valence electrons. The van der Waals surface area contributed by atoms with Gasteiger partial charge in [-0.2, -0.15) is 19.3 Å². The molecule has 12 nitrogen and oxygen atoms in total. The molecule has 1 saturated heterocycles. The molecule has 0 atom stereocenters. The monoisotopic (exact) mass is 412 g/mol. The van der Waals surface area contributed by atoms with Crippen molar-refractivity contribution >= 4 is 34.5 Å². The Hall–Kier alpha value is -3.21. The molecule has 4 N–H and O–H groups in total. The summed E-state index contributed by atoms with van der Waals surface area (Å²) in [5.74, 6) is 1.30. The minimum Gasteiger partial charge on any atom is -0.382 e. The van der Waals surface area contributed by atoms with Crippen molar-refractivity contribution in [2.45, 2.75) is 33.5 Å². The minimum absolute atomic E-state index is 0.192. The number of nitrogens with one attached hydrogen (secondary N) is 2. The lowest BCUT2D eigenvalue weighted by molar-refractivity contribution is 0.270. The predicted molar refractivity (Wildman–Crippen MR) is 108 cm³/mol. The summed E-state index contributed by atoms with van der Waals surface area (Å²) >= 11 is 1.18. The van der Waals surface area contributed by atoms with Crippen LogP contribution < -0.4 is 16.4 Å². The molecular weight excluding hydrogens is 392 g/mol. The smallest absolute Gasteiger partial charge is 0.255 e. The van der Waals surface area contributed by atoms with Gasteiger partial charge in [-0.15, -0.1) is 10.2 Å². The lowest BCUT2D eigenvalue weighted by atomic mass is 10.3. The number of aromatic nitrogens is 6. The van der Waals surface area contributed by atoms with E-state index < -0.39 is 0 Å². The Morgan fingerprint density at radius 2 is 1.93 bits per heavy atom. The second-order valence-electron chi connectivity index (χ2n) is 6.53. The van der Waals surface area contributed by atoms with Crippen LogP contribution in [0, 0.1) is 27.3 Å². The summed E-state index contributed by atoms with van der Waals surface area (Å²) in [6.45, 7) is 14.6. The first-order valence-electron chi connectivity index (χ1n) is 9.00. The number of hydrogen-bond donors (Lipinski definition) is 3. The topological polar surface area (TPSA) is 141 Å². The number of nitrogen functional groups attached to an aromatic ring is 1. The molecule has 0 unspecified atom stereocenters. The molecule has 0 bridgehead atoms. The van der Waals surface area contributed by atoms with Crippen molar-refractivity contribution in [2.24, 2.45) is 10.2 Å². The second-order valence-corrected chi connectivity index (χ2v) is 7.26. The van der Waals surface area contributed by atoms with Gasteiger partial charge in [-0.05, 0) is 40.3 Å². The van der Waals surface area contributed by atoms with Crippen molar-refractivity contribution in [1.82, 2.24) is 39.6 Å². The summed E-state index contributed by atoms with van der Waals surface area (Å²) in [5.41, 5.74) is 8.23. The Bertz CT molecular complexity index is 1110. The van der Waals surface area contributed by atoms with Gasteiger partial charge in [0.1, 0.15) is 5.82 Å². The molecule has 0 saturated carbocycles. The molecule has 4 heterocycles. The number of rotatable bonds is 4. The molecule has 13 heteroatoms. The van der Waals surface area contributed by atoms with Crippen LogP contribution in [0.2, 0.25) is 0 Å². The molecule has 0 radical (unpaired) electrons. The normalized spacial score (nSPS) is 15.2. The van der Waals surface area contributed by atoms with Crippen LogP contribution in [0.15, 0.2) is 10.2 Å². The van der Waals surface area contributed by atoms with Crippen molar-refractivity contribution in [2.75, 3.05) is 18.8 Å². The van der Waals surface area contributed by atoms with Gasteiger partial charge in [-0.1, -0.05) is 0 Å². The van der Waals surface area contributed by atoms with Crippen molar-refractivity contribution in [3.05, 3.63) is 28.6 Å². The van der Waals surface area contributed by atoms with E-state index >= 15 is 0 Å². The van der Waals surface area contributed by atoms with Gasteiger partial charge in [0.2, 0.25) is 5.13 Å². The third kappa shape index (κ3) is 3.48. The zero-order valence-corrected chi connectivity index (χ0v) is 17.0. The summed E-state index contributed by atoms with van der Waals surface area (Å²) < 4.78 is 7.32. The molecule has 3 aromatic heterocycles. The Kier molecular flexibility index (Phi) is 5.05. The third-order valence-corrected chi connectivity index (χ3v) is 5.21. The molecule has 0 amide bonds. The average molecular weight is 412 g/mol. The molecule has 1 fully saturated rings. The molecule has 0 aliphatic carbocycles. The molecular formula is C16H20N12S. The van der Waals surface area contributed by atoms with Gasteiger partial charge < -0.3 is 5.73 Å². The van der Waals surface area contributed by atoms with Crippen molar-refractivity contribution in [1.29, 1.82) is 0 Å². The lowest BCUT2D eigenvalue weighted by Gasteiger charge is -2.25. The number of nitrogens with zero attached hydrogens (tertiary/aromatic N) is 9. The fraction of sp³-hybridized carbons (Fsp3) is 0.438. The first-order chi connectivity index (χ1) is 14.0. The van der Waals surface area contributed by atoms with E-state index in [4.69, 9.17) is 12.3 Å². The average Bonchev–Trinajstić information content (AvgIpc) is 3.37. The largest absolute Gasteiger partial charge is 0.382 e. The van der Waals surface area contributed by atoms with Crippen molar-refractivity contribution in [3.8, 4) is 5.13 Å².